The van der Waals surface area contributed by atoms with Crippen LogP contribution in [0.3, 0.4) is 0 Å². The molecule has 1 amide bonds. The van der Waals surface area contributed by atoms with Crippen LogP contribution in [0.25, 0.3) is 16.9 Å². The van der Waals surface area contributed by atoms with Crippen molar-refractivity contribution >= 4 is 22.9 Å². The Bertz CT molecular complexity index is 1250. The number of carbonyl (C=O) groups excluding carboxylic acids is 1. The summed E-state index contributed by atoms with van der Waals surface area (Å²) in [7, 11) is 0. The Balaban J connectivity index is 1.46. The lowest BCUT2D eigenvalue weighted by atomic mass is 10.1. The SMILES string of the molecule is CCOc1ccc(NC(=O)COc2cccn3cc(-c4ccc(OCC)c(N)c4)nc23)cc1. The molecule has 2 aromatic carbocycles. The number of ether oxygens (including phenoxy) is 3. The molecule has 3 N–H and O–H groups in total. The van der Waals surface area contributed by atoms with Gasteiger partial charge in [0.25, 0.3) is 5.91 Å². The summed E-state index contributed by atoms with van der Waals surface area (Å²) in [5.74, 6) is 1.63. The zero-order valence-electron chi connectivity index (χ0n) is 18.6. The lowest BCUT2D eigenvalue weighted by Crippen LogP contribution is -2.20. The fraction of sp³-hybridized carbons (Fsp3) is 0.200. The molecule has 0 saturated carbocycles. The highest BCUT2D eigenvalue weighted by Crippen LogP contribution is 2.30. The van der Waals surface area contributed by atoms with Gasteiger partial charge in [-0.2, -0.15) is 0 Å². The minimum atomic E-state index is -0.271. The van der Waals surface area contributed by atoms with Crippen molar-refractivity contribution in [2.45, 2.75) is 13.8 Å². The van der Waals surface area contributed by atoms with E-state index < -0.39 is 0 Å². The van der Waals surface area contributed by atoms with E-state index in [2.05, 4.69) is 10.3 Å². The van der Waals surface area contributed by atoms with E-state index in [1.807, 2.05) is 54.9 Å². The summed E-state index contributed by atoms with van der Waals surface area (Å²) in [5, 5.41) is 2.81. The van der Waals surface area contributed by atoms with Gasteiger partial charge in [0, 0.05) is 23.6 Å². The molecule has 0 aliphatic rings. The first-order valence-electron chi connectivity index (χ1n) is 10.7. The molecule has 0 atom stereocenters. The highest BCUT2D eigenvalue weighted by atomic mass is 16.5. The molecule has 0 aliphatic carbocycles. The molecule has 0 bridgehead atoms. The second-order valence-electron chi connectivity index (χ2n) is 7.21. The Kier molecular flexibility index (Phi) is 6.64. The van der Waals surface area contributed by atoms with Crippen molar-refractivity contribution in [1.82, 2.24) is 9.38 Å². The molecule has 2 aromatic heterocycles. The third kappa shape index (κ3) is 5.17. The molecule has 0 fully saturated rings. The topological polar surface area (TPSA) is 100 Å². The first-order chi connectivity index (χ1) is 16.1. The molecule has 8 heteroatoms. The highest BCUT2D eigenvalue weighted by molar-refractivity contribution is 5.92. The number of imidazole rings is 1. The number of nitrogens with zero attached hydrogens (tertiary/aromatic N) is 2. The Morgan fingerprint density at radius 3 is 2.52 bits per heavy atom. The smallest absolute Gasteiger partial charge is 0.262 e. The Hall–Kier alpha value is -4.20. The molecule has 2 heterocycles. The molecular formula is C25H26N4O4. The van der Waals surface area contributed by atoms with Gasteiger partial charge in [0.2, 0.25) is 0 Å². The van der Waals surface area contributed by atoms with E-state index in [0.29, 0.717) is 41.7 Å². The quantitative estimate of drug-likeness (QED) is 0.370. The van der Waals surface area contributed by atoms with Crippen LogP contribution in [0, 0.1) is 0 Å². The van der Waals surface area contributed by atoms with Crippen molar-refractivity contribution in [3.05, 3.63) is 67.0 Å². The van der Waals surface area contributed by atoms with E-state index in [1.54, 1.807) is 30.3 Å². The van der Waals surface area contributed by atoms with Crippen molar-refractivity contribution in [2.75, 3.05) is 30.9 Å². The Morgan fingerprint density at radius 2 is 1.79 bits per heavy atom. The van der Waals surface area contributed by atoms with Gasteiger partial charge < -0.3 is 29.7 Å². The average Bonchev–Trinajstić information content (AvgIpc) is 3.26. The predicted octanol–water partition coefficient (Wildman–Crippen LogP) is 4.40. The molecule has 0 saturated heterocycles. The van der Waals surface area contributed by atoms with E-state index in [9.17, 15) is 4.79 Å². The van der Waals surface area contributed by atoms with E-state index >= 15 is 0 Å². The van der Waals surface area contributed by atoms with Crippen LogP contribution in [-0.4, -0.2) is 35.1 Å². The standard InChI is InChI=1S/C25H26N4O4/c1-3-31-19-10-8-18(9-11-19)27-24(30)16-33-23-6-5-13-29-15-21(28-25(23)29)17-7-12-22(32-4-2)20(26)14-17/h5-15H,3-4,16,26H2,1-2H3,(H,27,30). The predicted molar refractivity (Wildman–Crippen MR) is 128 cm³/mol. The third-order valence-electron chi connectivity index (χ3n) is 4.86. The van der Waals surface area contributed by atoms with Crippen molar-refractivity contribution < 1.29 is 19.0 Å². The number of hydrogen-bond acceptors (Lipinski definition) is 6. The van der Waals surface area contributed by atoms with E-state index in [-0.39, 0.29) is 12.5 Å². The van der Waals surface area contributed by atoms with Gasteiger partial charge in [-0.15, -0.1) is 0 Å². The average molecular weight is 447 g/mol. The van der Waals surface area contributed by atoms with Gasteiger partial charge in [0.15, 0.2) is 18.0 Å². The summed E-state index contributed by atoms with van der Waals surface area (Å²) < 4.78 is 18.5. The van der Waals surface area contributed by atoms with Gasteiger partial charge in [0.1, 0.15) is 11.5 Å². The number of pyridine rings is 1. The van der Waals surface area contributed by atoms with Gasteiger partial charge in [0.05, 0.1) is 24.6 Å². The molecule has 0 radical (unpaired) electrons. The maximum Gasteiger partial charge on any atom is 0.262 e. The van der Waals surface area contributed by atoms with Crippen LogP contribution in [0.5, 0.6) is 17.2 Å². The van der Waals surface area contributed by atoms with Crippen LogP contribution in [0.1, 0.15) is 13.8 Å². The lowest BCUT2D eigenvalue weighted by Gasteiger charge is -2.09. The number of nitrogens with one attached hydrogen (secondary N) is 1. The van der Waals surface area contributed by atoms with Crippen molar-refractivity contribution in [1.29, 1.82) is 0 Å². The second-order valence-corrected chi connectivity index (χ2v) is 7.21. The van der Waals surface area contributed by atoms with Crippen LogP contribution < -0.4 is 25.3 Å². The van der Waals surface area contributed by atoms with Crippen LogP contribution in [0.15, 0.2) is 67.0 Å². The van der Waals surface area contributed by atoms with Crippen LogP contribution in [0.4, 0.5) is 11.4 Å². The maximum absolute atomic E-state index is 12.4. The number of nitrogen functional groups attached to an aromatic ring is 1. The Morgan fingerprint density at radius 1 is 1.00 bits per heavy atom. The fourth-order valence-electron chi connectivity index (χ4n) is 3.38. The van der Waals surface area contributed by atoms with E-state index in [0.717, 1.165) is 17.0 Å². The first-order valence-corrected chi connectivity index (χ1v) is 10.7. The lowest BCUT2D eigenvalue weighted by molar-refractivity contribution is -0.118. The van der Waals surface area contributed by atoms with Gasteiger partial charge in [-0.05, 0) is 68.4 Å². The second kappa shape index (κ2) is 9.95. The van der Waals surface area contributed by atoms with Crippen LogP contribution in [0.2, 0.25) is 0 Å². The zero-order valence-corrected chi connectivity index (χ0v) is 18.6. The Labute approximate surface area is 191 Å². The van der Waals surface area contributed by atoms with Gasteiger partial charge in [-0.3, -0.25) is 4.79 Å². The maximum atomic E-state index is 12.4. The number of carbonyl (C=O) groups is 1. The van der Waals surface area contributed by atoms with Crippen LogP contribution >= 0.6 is 0 Å². The molecule has 4 aromatic rings. The van der Waals surface area contributed by atoms with Gasteiger partial charge in [-0.1, -0.05) is 0 Å². The number of fused-ring (bicyclic) bond motifs is 1. The zero-order chi connectivity index (χ0) is 23.2. The van der Waals surface area contributed by atoms with Crippen molar-refractivity contribution in [3.8, 4) is 28.5 Å². The molecule has 8 nitrogen and oxygen atoms in total. The fourth-order valence-corrected chi connectivity index (χ4v) is 3.38. The molecule has 4 rings (SSSR count). The molecule has 33 heavy (non-hydrogen) atoms. The largest absolute Gasteiger partial charge is 0.494 e. The van der Waals surface area contributed by atoms with Crippen molar-refractivity contribution in [2.24, 2.45) is 0 Å². The highest BCUT2D eigenvalue weighted by Gasteiger charge is 2.12. The summed E-state index contributed by atoms with van der Waals surface area (Å²) in [4.78, 5) is 17.0. The minimum absolute atomic E-state index is 0.148. The molecule has 170 valence electrons. The molecule has 0 aliphatic heterocycles. The number of nitrogens with two attached hydrogens (primary N) is 1. The third-order valence-corrected chi connectivity index (χ3v) is 4.86. The monoisotopic (exact) mass is 446 g/mol. The molecule has 0 unspecified atom stereocenters. The number of hydrogen-bond donors (Lipinski definition) is 2. The van der Waals surface area contributed by atoms with Gasteiger partial charge >= 0.3 is 0 Å². The summed E-state index contributed by atoms with van der Waals surface area (Å²) in [5.41, 5.74) is 9.52. The number of anilines is 2. The number of benzene rings is 2. The number of rotatable bonds is 9. The normalized spacial score (nSPS) is 10.7. The minimum Gasteiger partial charge on any atom is -0.494 e. The number of amides is 1. The first kappa shape index (κ1) is 22.0. The van der Waals surface area contributed by atoms with Crippen molar-refractivity contribution in [3.63, 3.8) is 0 Å². The summed E-state index contributed by atoms with van der Waals surface area (Å²) in [6, 6.07) is 16.4. The summed E-state index contributed by atoms with van der Waals surface area (Å²) in [6.45, 7) is 4.82. The van der Waals surface area contributed by atoms with E-state index in [4.69, 9.17) is 19.9 Å². The summed E-state index contributed by atoms with van der Waals surface area (Å²) in [6.07, 6.45) is 3.76. The van der Waals surface area contributed by atoms with Gasteiger partial charge in [-0.25, -0.2) is 4.98 Å². The van der Waals surface area contributed by atoms with Crippen LogP contribution in [-0.2, 0) is 4.79 Å². The summed E-state index contributed by atoms with van der Waals surface area (Å²) >= 11 is 0. The van der Waals surface area contributed by atoms with E-state index in [1.165, 1.54) is 0 Å². The molecule has 0 spiro atoms. The number of aromatic nitrogens is 2. The molecular weight excluding hydrogens is 420 g/mol.